The van der Waals surface area contributed by atoms with E-state index >= 15 is 0 Å². The number of fused-ring (bicyclic) bond motifs is 1. The highest BCUT2D eigenvalue weighted by molar-refractivity contribution is 6.39. The number of nitrogens with one attached hydrogen (secondary N) is 4. The normalized spacial score (nSPS) is 17.1. The van der Waals surface area contributed by atoms with Crippen molar-refractivity contribution in [1.82, 2.24) is 40.4 Å². The summed E-state index contributed by atoms with van der Waals surface area (Å²) in [6.45, 7) is 3.90. The number of anilines is 1. The van der Waals surface area contributed by atoms with E-state index in [9.17, 15) is 14.4 Å². The van der Waals surface area contributed by atoms with E-state index in [0.29, 0.717) is 90.5 Å². The van der Waals surface area contributed by atoms with Crippen LogP contribution in [0, 0.1) is 5.92 Å². The van der Waals surface area contributed by atoms with Crippen molar-refractivity contribution in [3.05, 3.63) is 75.4 Å². The van der Waals surface area contributed by atoms with Crippen molar-refractivity contribution in [2.24, 2.45) is 13.0 Å². The fourth-order valence-electron chi connectivity index (χ4n) is 6.77. The first-order valence-electron chi connectivity index (χ1n) is 17.0. The Balaban J connectivity index is 1.06. The molecule has 6 heterocycles. The molecule has 7 rings (SSSR count). The van der Waals surface area contributed by atoms with E-state index in [1.54, 1.807) is 42.1 Å². The van der Waals surface area contributed by atoms with Crippen molar-refractivity contribution in [3.63, 3.8) is 0 Å². The Morgan fingerprint density at radius 1 is 1.06 bits per heavy atom. The van der Waals surface area contributed by atoms with Crippen molar-refractivity contribution in [3.8, 4) is 28.4 Å². The molecule has 1 unspecified atom stereocenters. The number of ether oxygens (including phenoxy) is 1. The number of hydrogen-bond donors (Lipinski definition) is 4. The second-order valence-corrected chi connectivity index (χ2v) is 13.9. The van der Waals surface area contributed by atoms with Gasteiger partial charge in [0.15, 0.2) is 5.82 Å². The van der Waals surface area contributed by atoms with E-state index in [2.05, 4.69) is 31.2 Å². The highest BCUT2D eigenvalue weighted by atomic mass is 35.5. The van der Waals surface area contributed by atoms with Crippen LogP contribution in [0.15, 0.2) is 42.6 Å². The number of imidazole rings is 1. The largest absolute Gasteiger partial charge is 0.481 e. The van der Waals surface area contributed by atoms with Crippen LogP contribution in [-0.2, 0) is 36.1 Å². The fraction of sp³-hybridized carbons (Fsp3) is 0.389. The minimum absolute atomic E-state index is 0.0826. The summed E-state index contributed by atoms with van der Waals surface area (Å²) in [4.78, 5) is 53.7. The highest BCUT2D eigenvalue weighted by Gasteiger charge is 2.30. The molecule has 4 N–H and O–H groups in total. The van der Waals surface area contributed by atoms with E-state index in [0.717, 1.165) is 36.5 Å². The van der Waals surface area contributed by atoms with Gasteiger partial charge in [0.1, 0.15) is 0 Å². The van der Waals surface area contributed by atoms with Crippen molar-refractivity contribution in [1.29, 1.82) is 0 Å². The number of aromatic nitrogens is 4. The highest BCUT2D eigenvalue weighted by Crippen LogP contribution is 2.40. The second-order valence-electron chi connectivity index (χ2n) is 13.1. The number of hydrogen-bond acceptors (Lipinski definition) is 9. The summed E-state index contributed by atoms with van der Waals surface area (Å²) in [6, 6.07) is 11.0. The van der Waals surface area contributed by atoms with Crippen LogP contribution >= 0.6 is 23.2 Å². The number of nitrogens with zero attached hydrogens (tertiary/aromatic N) is 5. The Bertz CT molecular complexity index is 2000. The van der Waals surface area contributed by atoms with Gasteiger partial charge in [-0.05, 0) is 43.6 Å². The summed E-state index contributed by atoms with van der Waals surface area (Å²) >= 11 is 13.9. The maximum atomic E-state index is 13.6. The third kappa shape index (κ3) is 7.29. The topological polar surface area (TPSA) is 155 Å². The third-order valence-electron chi connectivity index (χ3n) is 9.73. The number of rotatable bonds is 11. The van der Waals surface area contributed by atoms with Crippen LogP contribution in [0.3, 0.4) is 0 Å². The summed E-state index contributed by atoms with van der Waals surface area (Å²) in [6.07, 6.45) is 4.15. The van der Waals surface area contributed by atoms with E-state index in [1.807, 2.05) is 24.1 Å². The Morgan fingerprint density at radius 2 is 1.90 bits per heavy atom. The Labute approximate surface area is 305 Å². The molecule has 4 aromatic rings. The number of methoxy groups -OCH3 is 1. The van der Waals surface area contributed by atoms with Crippen LogP contribution in [0.1, 0.15) is 46.8 Å². The van der Waals surface area contributed by atoms with Crippen LogP contribution < -0.4 is 26.0 Å². The number of halogens is 2. The Hall–Kier alpha value is -4.56. The van der Waals surface area contributed by atoms with Gasteiger partial charge < -0.3 is 35.5 Å². The molecule has 266 valence electrons. The first-order valence-corrected chi connectivity index (χ1v) is 17.8. The Kier molecular flexibility index (Phi) is 10.2. The molecule has 15 heteroatoms. The molecule has 3 aliphatic heterocycles. The third-order valence-corrected chi connectivity index (χ3v) is 10.5. The molecule has 51 heavy (non-hydrogen) atoms. The molecule has 3 aromatic heterocycles. The van der Waals surface area contributed by atoms with Gasteiger partial charge >= 0.3 is 0 Å². The van der Waals surface area contributed by atoms with Crippen molar-refractivity contribution < 1.29 is 19.1 Å². The summed E-state index contributed by atoms with van der Waals surface area (Å²) in [7, 11) is 3.38. The molecule has 0 spiro atoms. The second kappa shape index (κ2) is 15.0. The molecule has 1 atom stereocenters. The average molecular weight is 733 g/mol. The van der Waals surface area contributed by atoms with Gasteiger partial charge in [0.2, 0.25) is 17.7 Å². The molecule has 2 fully saturated rings. The lowest BCUT2D eigenvalue weighted by molar-refractivity contribution is -0.133. The SMILES string of the molecule is COc1nc(-c2ccnc(-c3cccc(NC(=O)c4nc5c(n4C)CCN(C(=O)CC4CNC4)C5)c3Cl)c2Cl)ccc1CNCC1CCC(=O)N1. The average Bonchev–Trinajstić information content (AvgIpc) is 3.69. The first-order chi connectivity index (χ1) is 24.7. The van der Waals surface area contributed by atoms with Gasteiger partial charge in [-0.25, -0.2) is 9.97 Å². The summed E-state index contributed by atoms with van der Waals surface area (Å²) in [5.41, 5.74) is 5.09. The monoisotopic (exact) mass is 731 g/mol. The van der Waals surface area contributed by atoms with E-state index in [1.165, 1.54) is 0 Å². The van der Waals surface area contributed by atoms with E-state index in [-0.39, 0.29) is 28.7 Å². The zero-order chi connectivity index (χ0) is 35.6. The van der Waals surface area contributed by atoms with Crippen LogP contribution in [-0.4, -0.2) is 81.5 Å². The molecular weight excluding hydrogens is 693 g/mol. The fourth-order valence-corrected chi connectivity index (χ4v) is 7.35. The quantitative estimate of drug-likeness (QED) is 0.179. The van der Waals surface area contributed by atoms with Gasteiger partial charge in [-0.1, -0.05) is 41.4 Å². The zero-order valence-corrected chi connectivity index (χ0v) is 29.9. The lowest BCUT2D eigenvalue weighted by Gasteiger charge is -2.31. The predicted molar refractivity (Wildman–Crippen MR) is 194 cm³/mol. The van der Waals surface area contributed by atoms with Crippen LogP contribution in [0.25, 0.3) is 22.5 Å². The molecule has 3 aliphatic rings. The minimum Gasteiger partial charge on any atom is -0.481 e. The summed E-state index contributed by atoms with van der Waals surface area (Å²) in [5, 5.41) is 13.1. The molecular formula is C36H39Cl2N9O4. The van der Waals surface area contributed by atoms with Gasteiger partial charge in [-0.2, -0.15) is 0 Å². The smallest absolute Gasteiger partial charge is 0.291 e. The molecule has 3 amide bonds. The van der Waals surface area contributed by atoms with Gasteiger partial charge in [-0.3, -0.25) is 19.4 Å². The van der Waals surface area contributed by atoms with Crippen molar-refractivity contribution in [2.75, 3.05) is 38.6 Å². The van der Waals surface area contributed by atoms with E-state index < -0.39 is 5.91 Å². The standard InChI is InChI=1S/C36H39Cl2N9O4/c1-46-28-11-13-47(30(49)14-20-15-39-16-20)19-27(28)43-34(46)35(50)44-26-5-3-4-24(31(26)37)33-32(38)23(10-12-41-33)25-8-6-21(36(45-25)51-2)17-40-18-22-7-9-29(48)42-22/h3-6,8,10,12,20,22,39-40H,7,9,11,13-19H2,1-2H3,(H,42,48)(H,44,50). The van der Waals surface area contributed by atoms with Crippen LogP contribution in [0.4, 0.5) is 5.69 Å². The maximum Gasteiger partial charge on any atom is 0.291 e. The molecule has 2 saturated heterocycles. The number of carbonyl (C=O) groups excluding carboxylic acids is 3. The lowest BCUT2D eigenvalue weighted by atomic mass is 9.98. The predicted octanol–water partition coefficient (Wildman–Crippen LogP) is 3.97. The molecule has 1 aromatic carbocycles. The number of carbonyl (C=O) groups is 3. The minimum atomic E-state index is -0.420. The number of amides is 3. The summed E-state index contributed by atoms with van der Waals surface area (Å²) in [5.74, 6) is 0.859. The zero-order valence-electron chi connectivity index (χ0n) is 28.4. The molecule has 13 nitrogen and oxygen atoms in total. The van der Waals surface area contributed by atoms with Gasteiger partial charge in [0.05, 0.1) is 46.5 Å². The maximum absolute atomic E-state index is 13.6. The molecule has 0 saturated carbocycles. The lowest BCUT2D eigenvalue weighted by Crippen LogP contribution is -2.46. The molecule has 0 radical (unpaired) electrons. The van der Waals surface area contributed by atoms with Gasteiger partial charge in [0, 0.05) is 80.6 Å². The van der Waals surface area contributed by atoms with E-state index in [4.69, 9.17) is 32.9 Å². The van der Waals surface area contributed by atoms with Crippen molar-refractivity contribution >= 4 is 46.6 Å². The van der Waals surface area contributed by atoms with Gasteiger partial charge in [0.25, 0.3) is 5.91 Å². The number of benzene rings is 1. The summed E-state index contributed by atoms with van der Waals surface area (Å²) < 4.78 is 7.40. The van der Waals surface area contributed by atoms with Crippen molar-refractivity contribution in [2.45, 2.75) is 44.8 Å². The van der Waals surface area contributed by atoms with Crippen LogP contribution in [0.2, 0.25) is 10.0 Å². The number of pyridine rings is 2. The van der Waals surface area contributed by atoms with Crippen LogP contribution in [0.5, 0.6) is 5.88 Å². The Morgan fingerprint density at radius 3 is 2.65 bits per heavy atom. The molecule has 0 aliphatic carbocycles. The molecule has 0 bridgehead atoms. The first kappa shape index (κ1) is 34.9. The van der Waals surface area contributed by atoms with Gasteiger partial charge in [-0.15, -0.1) is 0 Å².